The maximum atomic E-state index is 12.8. The van der Waals surface area contributed by atoms with Crippen LogP contribution < -0.4 is 4.74 Å². The number of hydrogen-bond donors (Lipinski definition) is 0. The van der Waals surface area contributed by atoms with Gasteiger partial charge in [-0.25, -0.2) is 4.39 Å². The van der Waals surface area contributed by atoms with E-state index in [9.17, 15) is 9.18 Å². The molecule has 1 amide bonds. The Morgan fingerprint density at radius 2 is 1.96 bits per heavy atom. The molecule has 2 saturated heterocycles. The van der Waals surface area contributed by atoms with E-state index < -0.39 is 0 Å². The van der Waals surface area contributed by atoms with E-state index in [2.05, 4.69) is 4.90 Å². The van der Waals surface area contributed by atoms with Gasteiger partial charge in [0.2, 0.25) is 0 Å². The number of hydrogen-bond acceptors (Lipinski definition) is 4. The first-order valence-corrected chi connectivity index (χ1v) is 8.73. The molecule has 2 heterocycles. The maximum absolute atomic E-state index is 12.8. The van der Waals surface area contributed by atoms with Gasteiger partial charge in [-0.2, -0.15) is 0 Å². The third kappa shape index (κ3) is 4.68. The number of halogens is 1. The highest BCUT2D eigenvalue weighted by Gasteiger charge is 2.30. The van der Waals surface area contributed by atoms with Crippen LogP contribution in [-0.4, -0.2) is 67.7 Å². The van der Waals surface area contributed by atoms with E-state index >= 15 is 0 Å². The van der Waals surface area contributed by atoms with E-state index in [4.69, 9.17) is 9.47 Å². The van der Waals surface area contributed by atoms with Crippen LogP contribution >= 0.6 is 0 Å². The predicted molar refractivity (Wildman–Crippen MR) is 88.5 cm³/mol. The van der Waals surface area contributed by atoms with Crippen molar-refractivity contribution in [3.63, 3.8) is 0 Å². The SMILES string of the molecule is O=C([C@H]1CCCO1)N1CCN(CCCOc2ccc(F)cc2)CC1. The molecule has 5 nitrogen and oxygen atoms in total. The van der Waals surface area contributed by atoms with E-state index in [1.54, 1.807) is 12.1 Å². The van der Waals surface area contributed by atoms with Crippen LogP contribution in [0.1, 0.15) is 19.3 Å². The molecule has 2 aliphatic heterocycles. The first-order chi connectivity index (χ1) is 11.7. The Balaban J connectivity index is 1.31. The number of benzene rings is 1. The molecule has 2 fully saturated rings. The third-order valence-electron chi connectivity index (χ3n) is 4.59. The highest BCUT2D eigenvalue weighted by atomic mass is 19.1. The summed E-state index contributed by atoms with van der Waals surface area (Å²) in [5.41, 5.74) is 0. The Hall–Kier alpha value is -1.66. The minimum Gasteiger partial charge on any atom is -0.494 e. The second-order valence-electron chi connectivity index (χ2n) is 6.32. The van der Waals surface area contributed by atoms with Gasteiger partial charge in [0, 0.05) is 39.3 Å². The molecular formula is C18H25FN2O3. The standard InChI is InChI=1S/C18H25FN2O3/c19-15-4-6-16(7-5-15)23-14-2-8-20-9-11-21(12-10-20)18(22)17-3-1-13-24-17/h4-7,17H,1-3,8-14H2/t17-/m1/s1. The van der Waals surface area contributed by atoms with Crippen LogP contribution in [0.25, 0.3) is 0 Å². The van der Waals surface area contributed by atoms with Crippen LogP contribution in [0.3, 0.4) is 0 Å². The van der Waals surface area contributed by atoms with E-state index in [1.807, 2.05) is 4.90 Å². The molecule has 0 radical (unpaired) electrons. The third-order valence-corrected chi connectivity index (χ3v) is 4.59. The highest BCUT2D eigenvalue weighted by molar-refractivity contribution is 5.81. The van der Waals surface area contributed by atoms with Crippen molar-refractivity contribution in [2.75, 3.05) is 45.9 Å². The molecule has 3 rings (SSSR count). The average Bonchev–Trinajstić information content (AvgIpc) is 3.15. The number of rotatable bonds is 6. The van der Waals surface area contributed by atoms with Crippen LogP contribution in [-0.2, 0) is 9.53 Å². The Morgan fingerprint density at radius 3 is 2.62 bits per heavy atom. The zero-order valence-corrected chi connectivity index (χ0v) is 14.0. The van der Waals surface area contributed by atoms with Crippen molar-refractivity contribution in [3.05, 3.63) is 30.1 Å². The Kier molecular flexibility index (Phi) is 6.04. The van der Waals surface area contributed by atoms with Gasteiger partial charge in [-0.3, -0.25) is 9.69 Å². The minimum atomic E-state index is -0.252. The number of amides is 1. The van der Waals surface area contributed by atoms with Gasteiger partial charge in [-0.15, -0.1) is 0 Å². The van der Waals surface area contributed by atoms with Crippen molar-refractivity contribution in [2.45, 2.75) is 25.4 Å². The number of ether oxygens (including phenoxy) is 2. The van der Waals surface area contributed by atoms with E-state index in [0.717, 1.165) is 52.0 Å². The van der Waals surface area contributed by atoms with Gasteiger partial charge < -0.3 is 14.4 Å². The molecule has 1 aromatic carbocycles. The van der Waals surface area contributed by atoms with Crippen molar-refractivity contribution in [3.8, 4) is 5.75 Å². The lowest BCUT2D eigenvalue weighted by molar-refractivity contribution is -0.142. The molecule has 132 valence electrons. The summed E-state index contributed by atoms with van der Waals surface area (Å²) < 4.78 is 23.9. The van der Waals surface area contributed by atoms with Crippen LogP contribution in [0.2, 0.25) is 0 Å². The molecule has 0 saturated carbocycles. The average molecular weight is 336 g/mol. The molecule has 0 aromatic heterocycles. The van der Waals surface area contributed by atoms with Gasteiger partial charge in [0.05, 0.1) is 6.61 Å². The van der Waals surface area contributed by atoms with Gasteiger partial charge in [-0.05, 0) is 43.5 Å². The first-order valence-electron chi connectivity index (χ1n) is 8.73. The lowest BCUT2D eigenvalue weighted by Gasteiger charge is -2.35. The Morgan fingerprint density at radius 1 is 1.21 bits per heavy atom. The van der Waals surface area contributed by atoms with Crippen molar-refractivity contribution in [1.29, 1.82) is 0 Å². The van der Waals surface area contributed by atoms with Crippen LogP contribution in [0, 0.1) is 5.82 Å². The quantitative estimate of drug-likeness (QED) is 0.745. The summed E-state index contributed by atoms with van der Waals surface area (Å²) in [6.07, 6.45) is 2.56. The largest absolute Gasteiger partial charge is 0.494 e. The fourth-order valence-electron chi connectivity index (χ4n) is 3.18. The van der Waals surface area contributed by atoms with Crippen LogP contribution in [0.4, 0.5) is 4.39 Å². The molecule has 0 aliphatic carbocycles. The van der Waals surface area contributed by atoms with E-state index in [1.165, 1.54) is 12.1 Å². The van der Waals surface area contributed by atoms with Crippen molar-refractivity contribution in [1.82, 2.24) is 9.80 Å². The van der Waals surface area contributed by atoms with Crippen LogP contribution in [0.5, 0.6) is 5.75 Å². The highest BCUT2D eigenvalue weighted by Crippen LogP contribution is 2.16. The fourth-order valence-corrected chi connectivity index (χ4v) is 3.18. The summed E-state index contributed by atoms with van der Waals surface area (Å²) in [6, 6.07) is 6.09. The summed E-state index contributed by atoms with van der Waals surface area (Å²) >= 11 is 0. The summed E-state index contributed by atoms with van der Waals surface area (Å²) in [7, 11) is 0. The molecule has 0 N–H and O–H groups in total. The Bertz CT molecular complexity index is 524. The topological polar surface area (TPSA) is 42.0 Å². The molecular weight excluding hydrogens is 311 g/mol. The smallest absolute Gasteiger partial charge is 0.251 e. The summed E-state index contributed by atoms with van der Waals surface area (Å²) in [5.74, 6) is 0.605. The minimum absolute atomic E-state index is 0.159. The number of nitrogens with zero attached hydrogens (tertiary/aromatic N) is 2. The van der Waals surface area contributed by atoms with Crippen LogP contribution in [0.15, 0.2) is 24.3 Å². The van der Waals surface area contributed by atoms with Crippen molar-refractivity contribution < 1.29 is 18.7 Å². The molecule has 1 aromatic rings. The molecule has 0 bridgehead atoms. The van der Waals surface area contributed by atoms with Gasteiger partial charge in [-0.1, -0.05) is 0 Å². The molecule has 24 heavy (non-hydrogen) atoms. The van der Waals surface area contributed by atoms with Crippen molar-refractivity contribution in [2.24, 2.45) is 0 Å². The molecule has 1 atom stereocenters. The maximum Gasteiger partial charge on any atom is 0.251 e. The molecule has 0 unspecified atom stereocenters. The Labute approximate surface area is 142 Å². The normalized spacial score (nSPS) is 21.9. The first kappa shape index (κ1) is 17.2. The second kappa shape index (κ2) is 8.44. The summed E-state index contributed by atoms with van der Waals surface area (Å²) in [4.78, 5) is 16.6. The molecule has 6 heteroatoms. The van der Waals surface area contributed by atoms with E-state index in [0.29, 0.717) is 19.0 Å². The van der Waals surface area contributed by atoms with Gasteiger partial charge in [0.1, 0.15) is 17.7 Å². The summed E-state index contributed by atoms with van der Waals surface area (Å²) in [6.45, 7) is 5.62. The lowest BCUT2D eigenvalue weighted by Crippen LogP contribution is -2.51. The number of carbonyl (C=O) groups excluding carboxylic acids is 1. The zero-order chi connectivity index (χ0) is 16.8. The molecule has 2 aliphatic rings. The van der Waals surface area contributed by atoms with Gasteiger partial charge in [0.15, 0.2) is 0 Å². The second-order valence-corrected chi connectivity index (χ2v) is 6.32. The van der Waals surface area contributed by atoms with E-state index in [-0.39, 0.29) is 17.8 Å². The fraction of sp³-hybridized carbons (Fsp3) is 0.611. The van der Waals surface area contributed by atoms with Gasteiger partial charge in [0.25, 0.3) is 5.91 Å². The van der Waals surface area contributed by atoms with Crippen molar-refractivity contribution >= 4 is 5.91 Å². The predicted octanol–water partition coefficient (Wildman–Crippen LogP) is 1.92. The molecule has 0 spiro atoms. The lowest BCUT2D eigenvalue weighted by atomic mass is 10.2. The van der Waals surface area contributed by atoms with Gasteiger partial charge >= 0.3 is 0 Å². The number of carbonyl (C=O) groups is 1. The number of piperazine rings is 1. The zero-order valence-electron chi connectivity index (χ0n) is 14.0. The monoisotopic (exact) mass is 336 g/mol. The summed E-state index contributed by atoms with van der Waals surface area (Å²) in [5, 5.41) is 0.